The minimum absolute atomic E-state index is 0.475. The van der Waals surface area contributed by atoms with Crippen LogP contribution in [0.1, 0.15) is 36.9 Å². The van der Waals surface area contributed by atoms with Gasteiger partial charge in [0.15, 0.2) is 0 Å². The van der Waals surface area contributed by atoms with Crippen LogP contribution in [0, 0.1) is 0 Å². The fraction of sp³-hybridized carbons (Fsp3) is 0.538. The standard InChI is InChI=1S/C13H17NO/c1-9(14-12-3-4-12)10-2-5-13-11(8-10)6-7-15-13/h2,5,8-9,12,14H,3-4,6-7H2,1H3. The van der Waals surface area contributed by atoms with Crippen molar-refractivity contribution in [1.29, 1.82) is 0 Å². The minimum atomic E-state index is 0.475. The summed E-state index contributed by atoms with van der Waals surface area (Å²) in [5.74, 6) is 1.08. The Morgan fingerprint density at radius 2 is 2.27 bits per heavy atom. The molecule has 80 valence electrons. The van der Waals surface area contributed by atoms with E-state index in [9.17, 15) is 0 Å². The van der Waals surface area contributed by atoms with Crippen LogP contribution in [0.15, 0.2) is 18.2 Å². The van der Waals surface area contributed by atoms with E-state index in [4.69, 9.17) is 4.74 Å². The van der Waals surface area contributed by atoms with E-state index in [1.54, 1.807) is 0 Å². The van der Waals surface area contributed by atoms with Gasteiger partial charge in [-0.2, -0.15) is 0 Å². The van der Waals surface area contributed by atoms with Gasteiger partial charge >= 0.3 is 0 Å². The molecule has 1 unspecified atom stereocenters. The molecule has 2 aliphatic rings. The van der Waals surface area contributed by atoms with Gasteiger partial charge in [0, 0.05) is 18.5 Å². The zero-order valence-electron chi connectivity index (χ0n) is 9.12. The zero-order chi connectivity index (χ0) is 10.3. The van der Waals surface area contributed by atoms with Crippen molar-refractivity contribution in [2.45, 2.75) is 38.3 Å². The molecule has 3 rings (SSSR count). The summed E-state index contributed by atoms with van der Waals surface area (Å²) in [7, 11) is 0. The highest BCUT2D eigenvalue weighted by Crippen LogP contribution is 2.29. The van der Waals surface area contributed by atoms with Crippen LogP contribution in [-0.2, 0) is 6.42 Å². The predicted octanol–water partition coefficient (Wildman–Crippen LogP) is 2.43. The lowest BCUT2D eigenvalue weighted by atomic mass is 10.0. The van der Waals surface area contributed by atoms with E-state index < -0.39 is 0 Å². The highest BCUT2D eigenvalue weighted by molar-refractivity contribution is 5.40. The van der Waals surface area contributed by atoms with Gasteiger partial charge in [-0.1, -0.05) is 12.1 Å². The highest BCUT2D eigenvalue weighted by Gasteiger charge is 2.23. The van der Waals surface area contributed by atoms with Crippen LogP contribution < -0.4 is 10.1 Å². The maximum atomic E-state index is 5.51. The summed E-state index contributed by atoms with van der Waals surface area (Å²) in [6.07, 6.45) is 3.76. The van der Waals surface area contributed by atoms with E-state index in [1.807, 2.05) is 0 Å². The second-order valence-electron chi connectivity index (χ2n) is 4.63. The zero-order valence-corrected chi connectivity index (χ0v) is 9.12. The molecule has 0 bridgehead atoms. The molecule has 2 nitrogen and oxygen atoms in total. The van der Waals surface area contributed by atoms with Crippen LogP contribution in [0.2, 0.25) is 0 Å². The van der Waals surface area contributed by atoms with Crippen LogP contribution in [0.5, 0.6) is 5.75 Å². The number of hydrogen-bond acceptors (Lipinski definition) is 2. The number of hydrogen-bond donors (Lipinski definition) is 1. The summed E-state index contributed by atoms with van der Waals surface area (Å²) < 4.78 is 5.51. The summed E-state index contributed by atoms with van der Waals surface area (Å²) in [5.41, 5.74) is 2.77. The second kappa shape index (κ2) is 3.53. The Kier molecular flexibility index (Phi) is 2.17. The van der Waals surface area contributed by atoms with Crippen molar-refractivity contribution >= 4 is 0 Å². The van der Waals surface area contributed by atoms with Gasteiger partial charge in [-0.15, -0.1) is 0 Å². The maximum absolute atomic E-state index is 5.51. The summed E-state index contributed by atoms with van der Waals surface area (Å²) in [6.45, 7) is 3.10. The molecule has 0 amide bonds. The Bertz CT molecular complexity index is 371. The van der Waals surface area contributed by atoms with E-state index >= 15 is 0 Å². The topological polar surface area (TPSA) is 21.3 Å². The quantitative estimate of drug-likeness (QED) is 0.814. The Labute approximate surface area is 90.6 Å². The number of ether oxygens (including phenoxy) is 1. The van der Waals surface area contributed by atoms with Gasteiger partial charge in [0.1, 0.15) is 5.75 Å². The molecule has 1 aromatic rings. The highest BCUT2D eigenvalue weighted by atomic mass is 16.5. The Balaban J connectivity index is 1.78. The van der Waals surface area contributed by atoms with Crippen LogP contribution in [-0.4, -0.2) is 12.6 Å². The fourth-order valence-corrected chi connectivity index (χ4v) is 2.18. The molecule has 1 aromatic carbocycles. The van der Waals surface area contributed by atoms with Crippen molar-refractivity contribution in [1.82, 2.24) is 5.32 Å². The fourth-order valence-electron chi connectivity index (χ4n) is 2.18. The lowest BCUT2D eigenvalue weighted by molar-refractivity contribution is 0.356. The molecule has 0 aromatic heterocycles. The molecule has 15 heavy (non-hydrogen) atoms. The van der Waals surface area contributed by atoms with E-state index in [1.165, 1.54) is 24.0 Å². The third kappa shape index (κ3) is 1.86. The summed E-state index contributed by atoms with van der Waals surface area (Å²) >= 11 is 0. The third-order valence-electron chi connectivity index (χ3n) is 3.28. The van der Waals surface area contributed by atoms with E-state index in [0.29, 0.717) is 6.04 Å². The molecule has 2 heteroatoms. The number of nitrogens with one attached hydrogen (secondary N) is 1. The monoisotopic (exact) mass is 203 g/mol. The van der Waals surface area contributed by atoms with Crippen molar-refractivity contribution in [3.63, 3.8) is 0 Å². The number of rotatable bonds is 3. The Morgan fingerprint density at radius 1 is 1.40 bits per heavy atom. The molecular weight excluding hydrogens is 186 g/mol. The van der Waals surface area contributed by atoms with Gasteiger partial charge in [0.05, 0.1) is 6.61 Å². The predicted molar refractivity (Wildman–Crippen MR) is 60.2 cm³/mol. The van der Waals surface area contributed by atoms with Crippen molar-refractivity contribution < 1.29 is 4.74 Å². The molecule has 1 aliphatic heterocycles. The first-order valence-corrected chi connectivity index (χ1v) is 5.84. The van der Waals surface area contributed by atoms with Crippen LogP contribution in [0.3, 0.4) is 0 Å². The first-order valence-electron chi connectivity index (χ1n) is 5.84. The third-order valence-corrected chi connectivity index (χ3v) is 3.28. The first-order chi connectivity index (χ1) is 7.33. The molecule has 1 saturated carbocycles. The average Bonchev–Trinajstić information content (AvgIpc) is 2.94. The molecule has 1 aliphatic carbocycles. The van der Waals surface area contributed by atoms with Crippen molar-refractivity contribution in [2.75, 3.05) is 6.61 Å². The van der Waals surface area contributed by atoms with Crippen LogP contribution in [0.25, 0.3) is 0 Å². The van der Waals surface area contributed by atoms with Gasteiger partial charge in [-0.3, -0.25) is 0 Å². The van der Waals surface area contributed by atoms with Crippen molar-refractivity contribution in [3.8, 4) is 5.75 Å². The maximum Gasteiger partial charge on any atom is 0.122 e. The van der Waals surface area contributed by atoms with Gasteiger partial charge in [0.2, 0.25) is 0 Å². The Hall–Kier alpha value is -1.02. The number of fused-ring (bicyclic) bond motifs is 1. The van der Waals surface area contributed by atoms with Gasteiger partial charge < -0.3 is 10.1 Å². The second-order valence-corrected chi connectivity index (χ2v) is 4.63. The molecule has 0 spiro atoms. The van der Waals surface area contributed by atoms with Gasteiger partial charge in [-0.05, 0) is 37.0 Å². The lowest BCUT2D eigenvalue weighted by Gasteiger charge is -2.14. The summed E-state index contributed by atoms with van der Waals surface area (Å²) in [5, 5.41) is 3.62. The lowest BCUT2D eigenvalue weighted by Crippen LogP contribution is -2.20. The van der Waals surface area contributed by atoms with Gasteiger partial charge in [-0.25, -0.2) is 0 Å². The molecular formula is C13H17NO. The van der Waals surface area contributed by atoms with E-state index in [0.717, 1.165) is 24.8 Å². The molecule has 1 atom stereocenters. The largest absolute Gasteiger partial charge is 0.493 e. The van der Waals surface area contributed by atoms with Crippen molar-refractivity contribution in [2.24, 2.45) is 0 Å². The number of benzene rings is 1. The van der Waals surface area contributed by atoms with Gasteiger partial charge in [0.25, 0.3) is 0 Å². The molecule has 0 radical (unpaired) electrons. The van der Waals surface area contributed by atoms with Crippen molar-refractivity contribution in [3.05, 3.63) is 29.3 Å². The van der Waals surface area contributed by atoms with E-state index in [2.05, 4.69) is 30.4 Å². The average molecular weight is 203 g/mol. The summed E-state index contributed by atoms with van der Waals surface area (Å²) in [6, 6.07) is 7.84. The molecule has 1 heterocycles. The van der Waals surface area contributed by atoms with Crippen LogP contribution >= 0.6 is 0 Å². The van der Waals surface area contributed by atoms with Crippen LogP contribution in [0.4, 0.5) is 0 Å². The summed E-state index contributed by atoms with van der Waals surface area (Å²) in [4.78, 5) is 0. The first kappa shape index (κ1) is 9.22. The molecule has 0 saturated heterocycles. The molecule has 1 N–H and O–H groups in total. The normalized spacial score (nSPS) is 20.9. The van der Waals surface area contributed by atoms with E-state index in [-0.39, 0.29) is 0 Å². The minimum Gasteiger partial charge on any atom is -0.493 e. The smallest absolute Gasteiger partial charge is 0.122 e. The SMILES string of the molecule is CC(NC1CC1)c1ccc2c(c1)CCO2. The molecule has 1 fully saturated rings. The Morgan fingerprint density at radius 3 is 3.07 bits per heavy atom.